The predicted octanol–water partition coefficient (Wildman–Crippen LogP) is 3.14. The summed E-state index contributed by atoms with van der Waals surface area (Å²) in [6.45, 7) is 1.38. The van der Waals surface area contributed by atoms with Crippen LogP contribution in [-0.4, -0.2) is 22.2 Å². The number of hydrogen-bond acceptors (Lipinski definition) is 3. The summed E-state index contributed by atoms with van der Waals surface area (Å²) in [6, 6.07) is 17.0. The van der Waals surface area contributed by atoms with Gasteiger partial charge < -0.3 is 14.8 Å². The van der Waals surface area contributed by atoms with Gasteiger partial charge in [0.25, 0.3) is 0 Å². The summed E-state index contributed by atoms with van der Waals surface area (Å²) in [6.07, 6.45) is 2.64. The Morgan fingerprint density at radius 1 is 1.05 bits per heavy atom. The van der Waals surface area contributed by atoms with Crippen LogP contribution in [0, 0.1) is 0 Å². The highest BCUT2D eigenvalue weighted by molar-refractivity contribution is 5.85. The maximum Gasteiger partial charge on any atom is 0.340 e. The molecule has 2 aromatic carbocycles. The number of aliphatic hydroxyl groups is 1. The van der Waals surface area contributed by atoms with Crippen LogP contribution in [0.25, 0.3) is 10.8 Å². The fraction of sp³-hybridized carbons (Fsp3) is 0.118. The van der Waals surface area contributed by atoms with Crippen LogP contribution >= 0.6 is 0 Å². The lowest BCUT2D eigenvalue weighted by Crippen LogP contribution is -2.22. The molecule has 1 unspecified atom stereocenters. The Labute approximate surface area is 123 Å². The van der Waals surface area contributed by atoms with Gasteiger partial charge in [0.2, 0.25) is 0 Å². The molecule has 4 heteroatoms. The van der Waals surface area contributed by atoms with E-state index in [0.29, 0.717) is 5.75 Å². The van der Waals surface area contributed by atoms with Crippen LogP contribution < -0.4 is 4.74 Å². The third kappa shape index (κ3) is 4.47. The molecule has 0 aliphatic rings. The molecule has 3 aromatic rings. The average Bonchev–Trinajstić information content (AvgIpc) is 3.06. The molecule has 0 bridgehead atoms. The topological polar surface area (TPSA) is 62.3 Å². The van der Waals surface area contributed by atoms with Crippen LogP contribution in [0.1, 0.15) is 6.92 Å². The first kappa shape index (κ1) is 14.8. The van der Waals surface area contributed by atoms with Crippen molar-refractivity contribution in [2.75, 3.05) is 0 Å². The van der Waals surface area contributed by atoms with Crippen molar-refractivity contribution >= 4 is 16.7 Å². The molecule has 0 fully saturated rings. The van der Waals surface area contributed by atoms with Gasteiger partial charge in [-0.25, -0.2) is 4.79 Å². The number of H-pyrrole nitrogens is 1. The number of carbonyl (C=O) groups excluding carboxylic acids is 1. The van der Waals surface area contributed by atoms with Crippen molar-refractivity contribution in [1.29, 1.82) is 0 Å². The van der Waals surface area contributed by atoms with Crippen LogP contribution in [0.4, 0.5) is 0 Å². The van der Waals surface area contributed by atoms with Gasteiger partial charge in [0.05, 0.1) is 0 Å². The average molecular weight is 283 g/mol. The number of ether oxygens (including phenoxy) is 1. The summed E-state index contributed by atoms with van der Waals surface area (Å²) in [5.74, 6) is -0.195. The van der Waals surface area contributed by atoms with E-state index in [1.807, 2.05) is 54.9 Å². The molecular formula is C17H17NO3. The number of aromatic amines is 1. The number of hydrogen-bond donors (Lipinski definition) is 2. The number of aliphatic hydroxyl groups excluding tert-OH is 1. The summed E-state index contributed by atoms with van der Waals surface area (Å²) in [5.41, 5.74) is 0. The first-order valence-electron chi connectivity index (χ1n) is 6.63. The Morgan fingerprint density at radius 2 is 1.71 bits per heavy atom. The monoisotopic (exact) mass is 283 g/mol. The normalized spacial score (nSPS) is 11.3. The van der Waals surface area contributed by atoms with Crippen molar-refractivity contribution in [2.24, 2.45) is 0 Å². The van der Waals surface area contributed by atoms with Crippen molar-refractivity contribution < 1.29 is 14.6 Å². The van der Waals surface area contributed by atoms with Gasteiger partial charge in [-0.1, -0.05) is 30.3 Å². The fourth-order valence-electron chi connectivity index (χ4n) is 1.71. The summed E-state index contributed by atoms with van der Waals surface area (Å²) in [4.78, 5) is 14.0. The van der Waals surface area contributed by atoms with Crippen LogP contribution in [-0.2, 0) is 4.79 Å². The van der Waals surface area contributed by atoms with Gasteiger partial charge in [-0.3, -0.25) is 0 Å². The number of aromatic nitrogens is 1. The zero-order chi connectivity index (χ0) is 15.1. The highest BCUT2D eigenvalue weighted by Crippen LogP contribution is 2.20. The highest BCUT2D eigenvalue weighted by Gasteiger charge is 2.11. The molecule has 21 heavy (non-hydrogen) atoms. The lowest BCUT2D eigenvalue weighted by atomic mass is 10.1. The van der Waals surface area contributed by atoms with Crippen molar-refractivity contribution in [3.8, 4) is 5.75 Å². The van der Waals surface area contributed by atoms with E-state index in [0.717, 1.165) is 10.8 Å². The van der Waals surface area contributed by atoms with E-state index in [2.05, 4.69) is 4.98 Å². The van der Waals surface area contributed by atoms with E-state index in [9.17, 15) is 4.79 Å². The molecule has 0 aliphatic carbocycles. The predicted molar refractivity (Wildman–Crippen MR) is 82.1 cm³/mol. The molecule has 108 valence electrons. The molecule has 0 amide bonds. The van der Waals surface area contributed by atoms with Crippen molar-refractivity contribution in [3.63, 3.8) is 0 Å². The second kappa shape index (κ2) is 7.26. The Kier molecular flexibility index (Phi) is 5.12. The fourth-order valence-corrected chi connectivity index (χ4v) is 1.71. The van der Waals surface area contributed by atoms with Gasteiger partial charge in [-0.15, -0.1) is 0 Å². The van der Waals surface area contributed by atoms with E-state index in [1.54, 1.807) is 12.1 Å². The van der Waals surface area contributed by atoms with Gasteiger partial charge in [0, 0.05) is 12.4 Å². The lowest BCUT2D eigenvalue weighted by molar-refractivity contribution is -0.142. The number of esters is 1. The van der Waals surface area contributed by atoms with E-state index in [-0.39, 0.29) is 0 Å². The standard InChI is InChI=1S/C13H12O3.C4H5N/c1-9(14)13(15)16-12-7-6-10-4-2-3-5-11(10)8-12;1-2-4-5-3-1/h2-9,14H,1H3;1-5H. The van der Waals surface area contributed by atoms with E-state index >= 15 is 0 Å². The quantitative estimate of drug-likeness (QED) is 0.561. The third-order valence-electron chi connectivity index (χ3n) is 2.78. The zero-order valence-electron chi connectivity index (χ0n) is 11.7. The Hall–Kier alpha value is -2.59. The van der Waals surface area contributed by atoms with Gasteiger partial charge in [-0.05, 0) is 42.0 Å². The maximum atomic E-state index is 11.2. The molecule has 3 rings (SSSR count). The van der Waals surface area contributed by atoms with Gasteiger partial charge in [0.1, 0.15) is 11.9 Å². The molecule has 1 atom stereocenters. The molecular weight excluding hydrogens is 266 g/mol. The molecule has 0 saturated heterocycles. The summed E-state index contributed by atoms with van der Waals surface area (Å²) >= 11 is 0. The van der Waals surface area contributed by atoms with Gasteiger partial charge in [-0.2, -0.15) is 0 Å². The number of rotatable bonds is 2. The van der Waals surface area contributed by atoms with Crippen LogP contribution in [0.2, 0.25) is 0 Å². The van der Waals surface area contributed by atoms with Gasteiger partial charge in [0.15, 0.2) is 0 Å². The zero-order valence-corrected chi connectivity index (χ0v) is 11.7. The number of fused-ring (bicyclic) bond motifs is 1. The first-order valence-corrected chi connectivity index (χ1v) is 6.63. The minimum Gasteiger partial charge on any atom is -0.425 e. The Bertz CT molecular complexity index is 673. The molecule has 0 aliphatic heterocycles. The molecule has 0 radical (unpaired) electrons. The van der Waals surface area contributed by atoms with E-state index < -0.39 is 12.1 Å². The van der Waals surface area contributed by atoms with Crippen LogP contribution in [0.15, 0.2) is 67.0 Å². The molecule has 4 nitrogen and oxygen atoms in total. The lowest BCUT2D eigenvalue weighted by Gasteiger charge is -2.06. The van der Waals surface area contributed by atoms with Crippen LogP contribution in [0.5, 0.6) is 5.75 Å². The number of benzene rings is 2. The summed E-state index contributed by atoms with van der Waals surface area (Å²) in [7, 11) is 0. The first-order chi connectivity index (χ1) is 10.2. The van der Waals surface area contributed by atoms with Crippen molar-refractivity contribution in [2.45, 2.75) is 13.0 Å². The molecule has 0 spiro atoms. The smallest absolute Gasteiger partial charge is 0.340 e. The minimum absolute atomic E-state index is 0.449. The highest BCUT2D eigenvalue weighted by atomic mass is 16.5. The number of carbonyl (C=O) groups is 1. The SMILES string of the molecule is CC(O)C(=O)Oc1ccc2ccccc2c1.c1cc[nH]c1. The molecule has 2 N–H and O–H groups in total. The third-order valence-corrected chi connectivity index (χ3v) is 2.78. The van der Waals surface area contributed by atoms with Gasteiger partial charge >= 0.3 is 5.97 Å². The van der Waals surface area contributed by atoms with Crippen LogP contribution in [0.3, 0.4) is 0 Å². The number of nitrogens with one attached hydrogen (secondary N) is 1. The second-order valence-electron chi connectivity index (χ2n) is 4.49. The maximum absolute atomic E-state index is 11.2. The van der Waals surface area contributed by atoms with E-state index in [4.69, 9.17) is 9.84 Å². The van der Waals surface area contributed by atoms with Crippen molar-refractivity contribution in [3.05, 3.63) is 67.0 Å². The van der Waals surface area contributed by atoms with E-state index in [1.165, 1.54) is 6.92 Å². The second-order valence-corrected chi connectivity index (χ2v) is 4.49. The molecule has 0 saturated carbocycles. The Morgan fingerprint density at radius 3 is 2.29 bits per heavy atom. The molecule has 1 heterocycles. The van der Waals surface area contributed by atoms with Crippen molar-refractivity contribution in [1.82, 2.24) is 4.98 Å². The largest absolute Gasteiger partial charge is 0.425 e. The Balaban J connectivity index is 0.000000272. The molecule has 1 aromatic heterocycles. The minimum atomic E-state index is -1.11. The summed E-state index contributed by atoms with van der Waals surface area (Å²) in [5, 5.41) is 11.1. The summed E-state index contributed by atoms with van der Waals surface area (Å²) < 4.78 is 4.99.